The fraction of sp³-hybridized carbons (Fsp3) is 0.278. The molecule has 0 spiro atoms. The van der Waals surface area contributed by atoms with Gasteiger partial charge in [0.1, 0.15) is 5.75 Å². The van der Waals surface area contributed by atoms with Gasteiger partial charge in [-0.25, -0.2) is 0 Å². The number of benzene rings is 2. The third-order valence-electron chi connectivity index (χ3n) is 3.57. The van der Waals surface area contributed by atoms with Gasteiger partial charge in [-0.2, -0.15) is 0 Å². The summed E-state index contributed by atoms with van der Waals surface area (Å²) in [5, 5.41) is 0.547. The van der Waals surface area contributed by atoms with Gasteiger partial charge in [0.25, 0.3) is 0 Å². The van der Waals surface area contributed by atoms with Crippen molar-refractivity contribution in [1.29, 1.82) is 0 Å². The molecule has 1 saturated heterocycles. The molecule has 0 N–H and O–H groups in total. The lowest BCUT2D eigenvalue weighted by molar-refractivity contribution is 0.371. The molecule has 0 unspecified atom stereocenters. The number of hydrogen-bond acceptors (Lipinski definition) is 3. The highest BCUT2D eigenvalue weighted by atomic mass is 32.1. The maximum atomic E-state index is 5.64. The molecule has 1 heterocycles. The number of thiocarbonyl (C=S) groups is 1. The minimum absolute atomic E-state index is 0.0176. The van der Waals surface area contributed by atoms with Gasteiger partial charge in [0, 0.05) is 0 Å². The maximum Gasteiger partial charge on any atom is 0.198 e. The quantitative estimate of drug-likeness (QED) is 0.590. The van der Waals surface area contributed by atoms with E-state index in [4.69, 9.17) is 21.7 Å². The zero-order valence-electron chi connectivity index (χ0n) is 11.8. The van der Waals surface area contributed by atoms with E-state index in [-0.39, 0.29) is 12.2 Å². The molecule has 3 rings (SSSR count). The average molecular weight is 298 g/mol. The SMILES string of the molecule is S=C(Oc1ccccc1)[C@H]1O[C@@H]1CCCc1ccccc1. The predicted molar refractivity (Wildman–Crippen MR) is 87.7 cm³/mol. The van der Waals surface area contributed by atoms with Gasteiger partial charge in [-0.15, -0.1) is 0 Å². The molecule has 0 bridgehead atoms. The summed E-state index contributed by atoms with van der Waals surface area (Å²) in [6, 6.07) is 20.1. The van der Waals surface area contributed by atoms with Gasteiger partial charge in [-0.3, -0.25) is 0 Å². The third-order valence-corrected chi connectivity index (χ3v) is 3.89. The van der Waals surface area contributed by atoms with Crippen LogP contribution in [-0.2, 0) is 11.2 Å². The van der Waals surface area contributed by atoms with Crippen LogP contribution in [0, 0.1) is 0 Å². The van der Waals surface area contributed by atoms with Crippen LogP contribution in [-0.4, -0.2) is 17.3 Å². The molecule has 2 aromatic carbocycles. The van der Waals surface area contributed by atoms with Gasteiger partial charge < -0.3 is 9.47 Å². The van der Waals surface area contributed by atoms with E-state index in [1.54, 1.807) is 0 Å². The number of para-hydroxylation sites is 1. The Kier molecular flexibility index (Phi) is 4.63. The summed E-state index contributed by atoms with van der Waals surface area (Å²) in [6.07, 6.45) is 3.43. The highest BCUT2D eigenvalue weighted by Gasteiger charge is 2.43. The lowest BCUT2D eigenvalue weighted by Crippen LogP contribution is -2.14. The summed E-state index contributed by atoms with van der Waals surface area (Å²) in [6.45, 7) is 0. The molecule has 2 nitrogen and oxygen atoms in total. The van der Waals surface area contributed by atoms with Crippen molar-refractivity contribution in [2.75, 3.05) is 0 Å². The third kappa shape index (κ3) is 4.13. The van der Waals surface area contributed by atoms with Crippen molar-refractivity contribution in [1.82, 2.24) is 0 Å². The standard InChI is InChI=1S/C18H18O2S/c21-18(19-15-11-5-2-6-12-15)17-16(20-17)13-7-10-14-8-3-1-4-9-14/h1-6,8-9,11-12,16-17H,7,10,13H2/t16-,17+/m1/s1. The molecule has 2 aromatic rings. The first-order valence-electron chi connectivity index (χ1n) is 7.29. The van der Waals surface area contributed by atoms with E-state index in [1.807, 2.05) is 36.4 Å². The Balaban J connectivity index is 1.39. The molecule has 1 fully saturated rings. The van der Waals surface area contributed by atoms with Crippen molar-refractivity contribution in [2.45, 2.75) is 31.5 Å². The van der Waals surface area contributed by atoms with E-state index >= 15 is 0 Å². The second-order valence-corrected chi connectivity index (χ2v) is 5.61. The Bertz CT molecular complexity index is 583. The fourth-order valence-electron chi connectivity index (χ4n) is 2.38. The van der Waals surface area contributed by atoms with Crippen molar-refractivity contribution >= 4 is 17.3 Å². The van der Waals surface area contributed by atoms with E-state index in [2.05, 4.69) is 24.3 Å². The van der Waals surface area contributed by atoms with Gasteiger partial charge in [0.2, 0.25) is 0 Å². The largest absolute Gasteiger partial charge is 0.447 e. The van der Waals surface area contributed by atoms with Crippen LogP contribution in [0.15, 0.2) is 60.7 Å². The molecule has 0 amide bonds. The van der Waals surface area contributed by atoms with Gasteiger partial charge in [-0.05, 0) is 49.2 Å². The van der Waals surface area contributed by atoms with Crippen LogP contribution < -0.4 is 4.74 Å². The molecule has 1 aliphatic heterocycles. The topological polar surface area (TPSA) is 21.8 Å². The molecule has 0 radical (unpaired) electrons. The predicted octanol–water partition coefficient (Wildman–Crippen LogP) is 4.18. The summed E-state index contributed by atoms with van der Waals surface area (Å²) in [7, 11) is 0. The molecule has 3 heteroatoms. The Morgan fingerprint density at radius 2 is 1.67 bits per heavy atom. The Labute approximate surface area is 130 Å². The molecule has 108 valence electrons. The second kappa shape index (κ2) is 6.83. The summed E-state index contributed by atoms with van der Waals surface area (Å²) < 4.78 is 11.3. The first kappa shape index (κ1) is 14.2. The zero-order valence-corrected chi connectivity index (χ0v) is 12.6. The Hall–Kier alpha value is -1.71. The van der Waals surface area contributed by atoms with Gasteiger partial charge in [0.15, 0.2) is 11.2 Å². The van der Waals surface area contributed by atoms with Crippen molar-refractivity contribution in [2.24, 2.45) is 0 Å². The van der Waals surface area contributed by atoms with Crippen molar-refractivity contribution < 1.29 is 9.47 Å². The van der Waals surface area contributed by atoms with Gasteiger partial charge >= 0.3 is 0 Å². The van der Waals surface area contributed by atoms with Crippen LogP contribution in [0.3, 0.4) is 0 Å². The summed E-state index contributed by atoms with van der Waals surface area (Å²) in [5.41, 5.74) is 1.37. The van der Waals surface area contributed by atoms with Crippen molar-refractivity contribution in [3.63, 3.8) is 0 Å². The number of rotatable bonds is 6. The van der Waals surface area contributed by atoms with E-state index < -0.39 is 0 Å². The average Bonchev–Trinajstić information content (AvgIpc) is 3.29. The minimum atomic E-state index is -0.0176. The molecular formula is C18H18O2S. The van der Waals surface area contributed by atoms with Gasteiger partial charge in [0.05, 0.1) is 6.10 Å². The van der Waals surface area contributed by atoms with E-state index in [9.17, 15) is 0 Å². The van der Waals surface area contributed by atoms with E-state index in [1.165, 1.54) is 5.56 Å². The van der Waals surface area contributed by atoms with Crippen molar-refractivity contribution in [3.8, 4) is 5.75 Å². The number of ether oxygens (including phenoxy) is 2. The summed E-state index contributed by atoms with van der Waals surface area (Å²) in [5.74, 6) is 0.779. The van der Waals surface area contributed by atoms with Crippen LogP contribution in [0.25, 0.3) is 0 Å². The van der Waals surface area contributed by atoms with Crippen LogP contribution in [0.1, 0.15) is 18.4 Å². The molecule has 0 aliphatic carbocycles. The molecule has 1 aliphatic rings. The Morgan fingerprint density at radius 3 is 2.38 bits per heavy atom. The fourth-order valence-corrected chi connectivity index (χ4v) is 2.69. The van der Waals surface area contributed by atoms with Crippen LogP contribution in [0.2, 0.25) is 0 Å². The molecular weight excluding hydrogens is 280 g/mol. The highest BCUT2D eigenvalue weighted by molar-refractivity contribution is 7.80. The number of hydrogen-bond donors (Lipinski definition) is 0. The monoisotopic (exact) mass is 298 g/mol. The van der Waals surface area contributed by atoms with Crippen LogP contribution >= 0.6 is 12.2 Å². The summed E-state index contributed by atoms with van der Waals surface area (Å²) in [4.78, 5) is 0. The second-order valence-electron chi connectivity index (χ2n) is 5.21. The molecule has 0 saturated carbocycles. The highest BCUT2D eigenvalue weighted by Crippen LogP contribution is 2.29. The molecule has 21 heavy (non-hydrogen) atoms. The van der Waals surface area contributed by atoms with Gasteiger partial charge in [-0.1, -0.05) is 48.5 Å². The molecule has 2 atom stereocenters. The smallest absolute Gasteiger partial charge is 0.198 e. The normalized spacial score (nSPS) is 20.0. The number of aryl methyl sites for hydroxylation is 1. The minimum Gasteiger partial charge on any atom is -0.447 e. The van der Waals surface area contributed by atoms with Crippen LogP contribution in [0.4, 0.5) is 0 Å². The lowest BCUT2D eigenvalue weighted by atomic mass is 10.1. The summed E-state index contributed by atoms with van der Waals surface area (Å²) >= 11 is 5.30. The number of epoxide rings is 1. The maximum absolute atomic E-state index is 5.64. The van der Waals surface area contributed by atoms with Crippen molar-refractivity contribution in [3.05, 3.63) is 66.2 Å². The van der Waals surface area contributed by atoms with Crippen LogP contribution in [0.5, 0.6) is 5.75 Å². The Morgan fingerprint density at radius 1 is 1.00 bits per heavy atom. The molecule has 0 aromatic heterocycles. The first-order chi connectivity index (χ1) is 10.3. The lowest BCUT2D eigenvalue weighted by Gasteiger charge is -2.04. The van der Waals surface area contributed by atoms with E-state index in [0.29, 0.717) is 5.05 Å². The zero-order chi connectivity index (χ0) is 14.5. The van der Waals surface area contributed by atoms with E-state index in [0.717, 1.165) is 25.0 Å². The first-order valence-corrected chi connectivity index (χ1v) is 7.70.